The molecular formula is C5H11N2. The molecule has 0 aromatic heterocycles. The van der Waals surface area contributed by atoms with Gasteiger partial charge in [0.2, 0.25) is 0 Å². The summed E-state index contributed by atoms with van der Waals surface area (Å²) in [4.78, 5) is 0. The molecule has 0 aliphatic rings. The second-order valence-electron chi connectivity index (χ2n) is 1.57. The van der Waals surface area contributed by atoms with Crippen LogP contribution in [-0.2, 0) is 0 Å². The molecule has 0 rings (SSSR count). The first-order chi connectivity index (χ1) is 3.41. The highest BCUT2D eigenvalue weighted by molar-refractivity contribution is 4.37. The van der Waals surface area contributed by atoms with Gasteiger partial charge in [-0.3, -0.25) is 0 Å². The van der Waals surface area contributed by atoms with Crippen molar-refractivity contribution >= 4 is 0 Å². The van der Waals surface area contributed by atoms with Crippen LogP contribution in [0.25, 0.3) is 5.53 Å². The third-order valence-corrected chi connectivity index (χ3v) is 0.862. The zero-order valence-electron chi connectivity index (χ0n) is 4.72. The maximum Gasteiger partial charge on any atom is 0.197 e. The minimum Gasteiger partial charge on any atom is -0.432 e. The summed E-state index contributed by atoms with van der Waals surface area (Å²) >= 11 is 0. The Balaban J connectivity index is 2.56. The second kappa shape index (κ2) is 5.60. The predicted octanol–water partition coefficient (Wildman–Crippen LogP) is 1.53. The molecule has 0 atom stereocenters. The summed E-state index contributed by atoms with van der Waals surface area (Å²) in [7, 11) is 0. The number of hydrogen-bond donors (Lipinski definition) is 0. The lowest BCUT2D eigenvalue weighted by molar-refractivity contribution is 0.702. The van der Waals surface area contributed by atoms with E-state index in [2.05, 4.69) is 12.0 Å². The lowest BCUT2D eigenvalue weighted by atomic mass is 10.3. The van der Waals surface area contributed by atoms with E-state index in [0.29, 0.717) is 6.54 Å². The Bertz CT molecular complexity index is 43.3. The van der Waals surface area contributed by atoms with Crippen LogP contribution in [0.15, 0.2) is 0 Å². The first-order valence-corrected chi connectivity index (χ1v) is 2.72. The van der Waals surface area contributed by atoms with E-state index < -0.39 is 0 Å². The molecule has 0 unspecified atom stereocenters. The zero-order valence-corrected chi connectivity index (χ0v) is 4.72. The Kier molecular flexibility index (Phi) is 5.28. The van der Waals surface area contributed by atoms with Gasteiger partial charge in [0.1, 0.15) is 0 Å². The molecule has 1 radical (unpaired) electrons. The normalized spacial score (nSPS) is 8.71. The molecule has 0 spiro atoms. The molecule has 0 aromatic carbocycles. The zero-order chi connectivity index (χ0) is 5.54. The number of rotatable bonds is 4. The molecule has 0 saturated heterocycles. The second-order valence-corrected chi connectivity index (χ2v) is 1.57. The molecule has 0 saturated carbocycles. The number of unbranched alkanes of at least 4 members (excludes halogenated alkanes) is 2. The summed E-state index contributed by atoms with van der Waals surface area (Å²) < 4.78 is 0. The number of hydrogen-bond acceptors (Lipinski definition) is 1. The minimum atomic E-state index is 0.605. The monoisotopic (exact) mass is 99.1 g/mol. The van der Waals surface area contributed by atoms with Gasteiger partial charge in [0, 0.05) is 6.42 Å². The minimum absolute atomic E-state index is 0.605. The lowest BCUT2D eigenvalue weighted by Crippen LogP contribution is -1.86. The van der Waals surface area contributed by atoms with Gasteiger partial charge >= 0.3 is 0 Å². The van der Waals surface area contributed by atoms with Crippen LogP contribution in [0.3, 0.4) is 0 Å². The molecule has 0 fully saturated rings. The van der Waals surface area contributed by atoms with Gasteiger partial charge in [-0.15, -0.1) is 0 Å². The van der Waals surface area contributed by atoms with Crippen LogP contribution < -0.4 is 5.11 Å². The van der Waals surface area contributed by atoms with Gasteiger partial charge < -0.3 is 5.53 Å². The van der Waals surface area contributed by atoms with Gasteiger partial charge in [0.05, 0.1) is 0 Å². The SMILES string of the molecule is CCCCC[N+]=[N-]. The highest BCUT2D eigenvalue weighted by Crippen LogP contribution is 1.89. The lowest BCUT2D eigenvalue weighted by Gasteiger charge is -1.82. The summed E-state index contributed by atoms with van der Waals surface area (Å²) in [6.45, 7) is 2.73. The van der Waals surface area contributed by atoms with Crippen LogP contribution in [0.1, 0.15) is 26.2 Å². The molecular weight excluding hydrogens is 88.1 g/mol. The van der Waals surface area contributed by atoms with E-state index in [4.69, 9.17) is 5.53 Å². The fourth-order valence-corrected chi connectivity index (χ4v) is 0.433. The molecule has 0 heterocycles. The Hall–Kier alpha value is -0.400. The van der Waals surface area contributed by atoms with Crippen molar-refractivity contribution in [2.24, 2.45) is 0 Å². The predicted molar refractivity (Wildman–Crippen MR) is 29.9 cm³/mol. The molecule has 2 heteroatoms. The molecule has 41 valence electrons. The van der Waals surface area contributed by atoms with Crippen molar-refractivity contribution in [2.75, 3.05) is 6.54 Å². The smallest absolute Gasteiger partial charge is 0.197 e. The summed E-state index contributed by atoms with van der Waals surface area (Å²) in [5, 5.41) is 2.97. The van der Waals surface area contributed by atoms with E-state index in [1.807, 2.05) is 0 Å². The van der Waals surface area contributed by atoms with Crippen molar-refractivity contribution < 1.29 is 0 Å². The van der Waals surface area contributed by atoms with Gasteiger partial charge in [-0.2, -0.15) is 0 Å². The van der Waals surface area contributed by atoms with E-state index in [0.717, 1.165) is 6.42 Å². The first kappa shape index (κ1) is 6.60. The maximum absolute atomic E-state index is 7.92. The third kappa shape index (κ3) is 5.60. The Morgan fingerprint density at radius 1 is 1.43 bits per heavy atom. The molecule has 7 heavy (non-hydrogen) atoms. The van der Waals surface area contributed by atoms with Crippen LogP contribution in [0.4, 0.5) is 0 Å². The largest absolute Gasteiger partial charge is 0.432 e. The summed E-state index contributed by atoms with van der Waals surface area (Å²) in [6, 6.07) is 0. The molecule has 0 amide bonds. The highest BCUT2D eigenvalue weighted by Gasteiger charge is 1.84. The Labute approximate surface area is 44.4 Å². The van der Waals surface area contributed by atoms with Gasteiger partial charge in [-0.05, 0) is 6.42 Å². The topological polar surface area (TPSA) is 36.4 Å². The van der Waals surface area contributed by atoms with Gasteiger partial charge in [0.25, 0.3) is 0 Å². The van der Waals surface area contributed by atoms with E-state index in [9.17, 15) is 0 Å². The fraction of sp³-hybridized carbons (Fsp3) is 1.00. The summed E-state index contributed by atoms with van der Waals surface area (Å²) in [5.74, 6) is 0. The molecule has 0 aliphatic carbocycles. The van der Waals surface area contributed by atoms with Crippen LogP contribution in [0, 0.1) is 0 Å². The van der Waals surface area contributed by atoms with Crippen molar-refractivity contribution in [3.63, 3.8) is 0 Å². The maximum atomic E-state index is 7.92. The molecule has 0 N–H and O–H groups in total. The highest BCUT2D eigenvalue weighted by atomic mass is 14.9. The fourth-order valence-electron chi connectivity index (χ4n) is 0.433. The number of nitrogens with zero attached hydrogens (tertiary/aromatic N) is 2. The molecule has 2 nitrogen and oxygen atoms in total. The molecule has 0 bridgehead atoms. The summed E-state index contributed by atoms with van der Waals surface area (Å²) in [5.41, 5.74) is 7.92. The average molecular weight is 99.2 g/mol. The van der Waals surface area contributed by atoms with Gasteiger partial charge in [-0.25, -0.2) is 0 Å². The molecule has 0 aromatic rings. The third-order valence-electron chi connectivity index (χ3n) is 0.862. The van der Waals surface area contributed by atoms with Gasteiger partial charge in [0.15, 0.2) is 6.54 Å². The van der Waals surface area contributed by atoms with Crippen LogP contribution in [-0.4, -0.2) is 6.54 Å². The van der Waals surface area contributed by atoms with Crippen molar-refractivity contribution in [1.29, 1.82) is 0 Å². The summed E-state index contributed by atoms with van der Waals surface area (Å²) in [6.07, 6.45) is 3.38. The Morgan fingerprint density at radius 2 is 2.14 bits per heavy atom. The van der Waals surface area contributed by atoms with Crippen molar-refractivity contribution in [1.82, 2.24) is 5.11 Å². The van der Waals surface area contributed by atoms with Crippen LogP contribution in [0.2, 0.25) is 0 Å². The van der Waals surface area contributed by atoms with E-state index in [1.54, 1.807) is 0 Å². The van der Waals surface area contributed by atoms with Crippen molar-refractivity contribution in [2.45, 2.75) is 26.2 Å². The first-order valence-electron chi connectivity index (χ1n) is 2.72. The Morgan fingerprint density at radius 3 is 2.57 bits per heavy atom. The average Bonchev–Trinajstić information content (AvgIpc) is 1.69. The quantitative estimate of drug-likeness (QED) is 0.378. The van der Waals surface area contributed by atoms with Crippen molar-refractivity contribution in [3.8, 4) is 0 Å². The molecule has 0 aliphatic heterocycles. The standard InChI is InChI=1S/C5H11N2/c1-2-3-4-5-7-6/h2-5H2,1H3. The van der Waals surface area contributed by atoms with Gasteiger partial charge in [-0.1, -0.05) is 18.5 Å². The van der Waals surface area contributed by atoms with E-state index in [1.165, 1.54) is 12.8 Å². The van der Waals surface area contributed by atoms with Crippen LogP contribution in [0.5, 0.6) is 0 Å². The van der Waals surface area contributed by atoms with Crippen molar-refractivity contribution in [3.05, 3.63) is 5.53 Å². The van der Waals surface area contributed by atoms with Crippen LogP contribution >= 0.6 is 0 Å². The van der Waals surface area contributed by atoms with E-state index in [-0.39, 0.29) is 0 Å². The van der Waals surface area contributed by atoms with E-state index >= 15 is 0 Å².